The zero-order chi connectivity index (χ0) is 43.3. The number of aliphatic hydroxyl groups excluding tert-OH is 1. The monoisotopic (exact) mass is 829 g/mol. The number of Topliss-reactive ketones (excluding diaryl/α,β-unsaturated/α-hetero) is 1. The number of ether oxygens (including phenoxy) is 2. The second-order valence-corrected chi connectivity index (χ2v) is 16.6. The first-order chi connectivity index (χ1) is 28.8. The molecule has 2 amide bonds. The summed E-state index contributed by atoms with van der Waals surface area (Å²) in [4.78, 5) is 76.1. The molecule has 2 aliphatic heterocycles. The number of aliphatic hydroxyl groups is 1. The van der Waals surface area contributed by atoms with Crippen molar-refractivity contribution in [3.8, 4) is 0 Å². The van der Waals surface area contributed by atoms with Crippen molar-refractivity contribution in [3.63, 3.8) is 0 Å². The molecule has 2 aliphatic carbocycles. The molecule has 0 unspecified atom stereocenters. The van der Waals surface area contributed by atoms with Gasteiger partial charge in [0.15, 0.2) is 0 Å². The van der Waals surface area contributed by atoms with Crippen molar-refractivity contribution in [1.29, 1.82) is 0 Å². The van der Waals surface area contributed by atoms with Crippen molar-refractivity contribution in [1.82, 2.24) is 25.9 Å². The average Bonchev–Trinajstić information content (AvgIpc) is 3.25. The molecule has 2 heterocycles. The molecule has 326 valence electrons. The van der Waals surface area contributed by atoms with Crippen LogP contribution in [-0.4, -0.2) is 116 Å². The zero-order valence-corrected chi connectivity index (χ0v) is 35.9. The number of allylic oxidation sites excluding steroid dienone is 4. The van der Waals surface area contributed by atoms with Gasteiger partial charge in [-0.05, 0) is 63.1 Å². The molecule has 1 saturated heterocycles. The van der Waals surface area contributed by atoms with Crippen molar-refractivity contribution >= 4 is 29.9 Å². The molecule has 0 aromatic heterocycles. The van der Waals surface area contributed by atoms with Crippen LogP contribution in [0.2, 0.25) is 0 Å². The van der Waals surface area contributed by atoms with E-state index in [4.69, 9.17) is 14.3 Å². The molecule has 0 spiro atoms. The summed E-state index contributed by atoms with van der Waals surface area (Å²) in [6, 6.07) is 7.37. The quantitative estimate of drug-likeness (QED) is 0.115. The number of benzene rings is 1. The molecule has 6 atom stereocenters. The minimum absolute atomic E-state index is 0.0400. The van der Waals surface area contributed by atoms with Crippen LogP contribution in [0.5, 0.6) is 0 Å². The number of nitrogens with one attached hydrogen (secondary N) is 3. The molecule has 4 N–H and O–H groups in total. The fraction of sp³-hybridized carbons (Fsp3) is 0.543. The molecule has 0 radical (unpaired) electrons. The summed E-state index contributed by atoms with van der Waals surface area (Å²) in [5.41, 5.74) is 4.70. The van der Waals surface area contributed by atoms with Gasteiger partial charge >= 0.3 is 6.47 Å². The number of amides is 2. The maximum Gasteiger partial charge on any atom is 0.312 e. The number of ketones is 2. The molecule has 2 bridgehead atoms. The predicted molar refractivity (Wildman–Crippen MR) is 227 cm³/mol. The third-order valence-electron chi connectivity index (χ3n) is 12.2. The Morgan fingerprint density at radius 2 is 1.68 bits per heavy atom. The number of carbonyl (C=O) groups excluding carboxylic acids is 5. The smallest absolute Gasteiger partial charge is 0.312 e. The zero-order valence-electron chi connectivity index (χ0n) is 35.9. The first kappa shape index (κ1) is 46.5. The lowest BCUT2D eigenvalue weighted by Crippen LogP contribution is -2.50. The van der Waals surface area contributed by atoms with Gasteiger partial charge in [-0.25, -0.2) is 0 Å². The number of piperazine rings is 1. The van der Waals surface area contributed by atoms with E-state index in [1.807, 2.05) is 39.0 Å². The van der Waals surface area contributed by atoms with Gasteiger partial charge in [0.05, 0.1) is 35.7 Å². The number of carbonyl (C=O) groups is 5. The number of rotatable bonds is 10. The molecule has 1 saturated carbocycles. The fourth-order valence-corrected chi connectivity index (χ4v) is 8.67. The minimum Gasteiger partial charge on any atom is -0.390 e. The van der Waals surface area contributed by atoms with Crippen LogP contribution < -0.4 is 16.1 Å². The summed E-state index contributed by atoms with van der Waals surface area (Å²) in [6.45, 7) is 12.2. The molecule has 1 aromatic rings. The van der Waals surface area contributed by atoms with Crippen LogP contribution in [0.3, 0.4) is 0 Å². The molecule has 2 fully saturated rings. The molecule has 4 aliphatic rings. The Bertz CT molecular complexity index is 1850. The van der Waals surface area contributed by atoms with Crippen molar-refractivity contribution in [3.05, 3.63) is 93.9 Å². The Hall–Kier alpha value is -4.57. The summed E-state index contributed by atoms with van der Waals surface area (Å²) >= 11 is 0. The van der Waals surface area contributed by atoms with Crippen LogP contribution in [0.4, 0.5) is 0 Å². The first-order valence-electron chi connectivity index (χ1n) is 21.2. The lowest BCUT2D eigenvalue weighted by molar-refractivity contribution is -0.138. The van der Waals surface area contributed by atoms with Gasteiger partial charge < -0.3 is 30.1 Å². The van der Waals surface area contributed by atoms with E-state index in [1.54, 1.807) is 31.2 Å². The maximum atomic E-state index is 14.2. The van der Waals surface area contributed by atoms with E-state index in [0.717, 1.165) is 44.4 Å². The number of fused-ring (bicyclic) bond motifs is 2. The number of hydroxylamine groups is 1. The van der Waals surface area contributed by atoms with Crippen LogP contribution in [0.25, 0.3) is 0 Å². The Labute approximate surface area is 354 Å². The molecular formula is C46H63N5O9. The summed E-state index contributed by atoms with van der Waals surface area (Å²) in [7, 11) is 2.97. The summed E-state index contributed by atoms with van der Waals surface area (Å²) < 4.78 is 11.4. The van der Waals surface area contributed by atoms with Gasteiger partial charge in [-0.1, -0.05) is 75.1 Å². The van der Waals surface area contributed by atoms with Crippen LogP contribution in [0.1, 0.15) is 88.6 Å². The van der Waals surface area contributed by atoms with E-state index in [9.17, 15) is 29.1 Å². The van der Waals surface area contributed by atoms with Crippen LogP contribution in [0, 0.1) is 11.8 Å². The third-order valence-corrected chi connectivity index (χ3v) is 12.2. The minimum atomic E-state index is -0.995. The molecular weight excluding hydrogens is 767 g/mol. The van der Waals surface area contributed by atoms with Crippen molar-refractivity contribution in [2.75, 3.05) is 40.4 Å². The highest BCUT2D eigenvalue weighted by Crippen LogP contribution is 2.29. The lowest BCUT2D eigenvalue weighted by atomic mass is 9.85. The molecule has 14 heteroatoms. The highest BCUT2D eigenvalue weighted by atomic mass is 16.7. The Balaban J connectivity index is 1.36. The molecule has 1 aromatic carbocycles. The summed E-state index contributed by atoms with van der Waals surface area (Å²) in [6.07, 6.45) is 12.2. The Kier molecular flexibility index (Phi) is 17.3. The van der Waals surface area contributed by atoms with Gasteiger partial charge in [0.25, 0.3) is 11.8 Å². The normalized spacial score (nSPS) is 29.7. The van der Waals surface area contributed by atoms with E-state index in [0.29, 0.717) is 17.2 Å². The highest BCUT2D eigenvalue weighted by molar-refractivity contribution is 6.24. The SMILES string of the molecule is CO[C@H]1/C=C\C=C(/C)C(=O)NC2=CC(=O)C(NC(=O)c3ccc(CN4CCN(C5CCCCC5)CC4)cc3)=C(C[C@@H](C)C[C@H](OC)[C@H](O)[C@@H](C)/C=C(\C)[C@@H]1NOC=O)C2=O. The van der Waals surface area contributed by atoms with E-state index >= 15 is 0 Å². The fourth-order valence-electron chi connectivity index (χ4n) is 8.67. The molecule has 5 rings (SSSR count). The maximum absolute atomic E-state index is 14.2. The number of nitrogens with zero attached hydrogens (tertiary/aromatic N) is 2. The average molecular weight is 830 g/mol. The summed E-state index contributed by atoms with van der Waals surface area (Å²) in [5, 5.41) is 16.8. The number of methoxy groups -OCH3 is 2. The van der Waals surface area contributed by atoms with E-state index in [1.165, 1.54) is 52.4 Å². The van der Waals surface area contributed by atoms with Crippen LogP contribution in [0.15, 0.2) is 82.8 Å². The van der Waals surface area contributed by atoms with Gasteiger partial charge in [0.1, 0.15) is 0 Å². The van der Waals surface area contributed by atoms with Gasteiger partial charge in [-0.15, -0.1) is 5.48 Å². The largest absolute Gasteiger partial charge is 0.390 e. The Morgan fingerprint density at radius 3 is 2.33 bits per heavy atom. The van der Waals surface area contributed by atoms with Gasteiger partial charge in [0, 0.05) is 81.7 Å². The van der Waals surface area contributed by atoms with Gasteiger partial charge in [-0.3, -0.25) is 33.8 Å². The van der Waals surface area contributed by atoms with Crippen molar-refractivity contribution in [2.45, 2.75) is 110 Å². The van der Waals surface area contributed by atoms with Gasteiger partial charge in [0.2, 0.25) is 11.6 Å². The van der Waals surface area contributed by atoms with Crippen molar-refractivity contribution < 1.29 is 43.4 Å². The first-order valence-corrected chi connectivity index (χ1v) is 21.2. The molecule has 60 heavy (non-hydrogen) atoms. The van der Waals surface area contributed by atoms with Crippen molar-refractivity contribution in [2.24, 2.45) is 11.8 Å². The van der Waals surface area contributed by atoms with E-state index in [-0.39, 0.29) is 47.8 Å². The summed E-state index contributed by atoms with van der Waals surface area (Å²) in [5.74, 6) is -3.16. The van der Waals surface area contributed by atoms with Crippen LogP contribution in [-0.2, 0) is 40.0 Å². The standard InChI is InChI=1S/C46H63N5O9/c1-29-23-36-42(48-46(57)34-17-15-33(16-18-34)27-50-19-21-51(22-20-50)35-12-8-7-9-13-35)38(53)26-37(44(36)55)47-45(56)30(2)11-10-14-39(58-5)41(49-60-28-52)31(3)25-32(4)43(54)40(24-29)59-6/h10-11,14-18,25-26,28-29,32,35,39-41,43,49,54H,7-9,12-13,19-24,27H2,1-6H3,(H,47,56)(H,48,57)/b14-10-,30-11+,31-25+/t29-,32+,39+,40+,41+,43-/m1/s1. The lowest BCUT2D eigenvalue weighted by Gasteiger charge is -2.40. The number of hydrogen-bond acceptors (Lipinski definition) is 12. The Morgan fingerprint density at radius 1 is 0.983 bits per heavy atom. The van der Waals surface area contributed by atoms with Gasteiger partial charge in [-0.2, -0.15) is 0 Å². The predicted octanol–water partition coefficient (Wildman–Crippen LogP) is 4.22. The second kappa shape index (κ2) is 22.3. The highest BCUT2D eigenvalue weighted by Gasteiger charge is 2.34. The van der Waals surface area contributed by atoms with E-state index < -0.39 is 53.7 Å². The van der Waals surface area contributed by atoms with Crippen LogP contribution >= 0.6 is 0 Å². The number of hydrogen-bond donors (Lipinski definition) is 4. The molecule has 14 nitrogen and oxygen atoms in total. The second-order valence-electron chi connectivity index (χ2n) is 16.6. The topological polar surface area (TPSA) is 176 Å². The third kappa shape index (κ3) is 12.3. The van der Waals surface area contributed by atoms with E-state index in [2.05, 4.69) is 25.9 Å².